The van der Waals surface area contributed by atoms with Gasteiger partial charge in [0.25, 0.3) is 0 Å². The number of para-hydroxylation sites is 2. The molecule has 0 unspecified atom stereocenters. The van der Waals surface area contributed by atoms with Gasteiger partial charge in [0.2, 0.25) is 5.82 Å². The third-order valence-corrected chi connectivity index (χ3v) is 3.28. The van der Waals surface area contributed by atoms with Gasteiger partial charge in [-0.25, -0.2) is 0 Å². The van der Waals surface area contributed by atoms with Crippen LogP contribution in [0.5, 0.6) is 0 Å². The Labute approximate surface area is 112 Å². The lowest BCUT2D eigenvalue weighted by atomic mass is 10.2. The molecule has 8 heteroatoms. The van der Waals surface area contributed by atoms with Crippen LogP contribution in [0.4, 0.5) is 24.5 Å². The van der Waals surface area contributed by atoms with Crippen LogP contribution < -0.4 is 10.6 Å². The highest BCUT2D eigenvalue weighted by Gasteiger charge is 2.39. The van der Waals surface area contributed by atoms with Crippen LogP contribution in [0.1, 0.15) is 11.6 Å². The zero-order valence-corrected chi connectivity index (χ0v) is 10.4. The van der Waals surface area contributed by atoms with Crippen molar-refractivity contribution in [3.05, 3.63) is 35.9 Å². The molecular formula is C12H12F3N5. The van der Waals surface area contributed by atoms with Crippen molar-refractivity contribution in [2.24, 2.45) is 0 Å². The second-order valence-corrected chi connectivity index (χ2v) is 4.57. The highest BCUT2D eigenvalue weighted by molar-refractivity contribution is 5.67. The summed E-state index contributed by atoms with van der Waals surface area (Å²) in [5, 5.41) is 6.89. The first-order chi connectivity index (χ1) is 9.47. The van der Waals surface area contributed by atoms with Crippen LogP contribution in [0.25, 0.3) is 0 Å². The minimum atomic E-state index is -4.47. The average Bonchev–Trinajstić information content (AvgIpc) is 2.82. The molecule has 1 aromatic carbocycles. The summed E-state index contributed by atoms with van der Waals surface area (Å²) in [6, 6.07) is 7.25. The van der Waals surface area contributed by atoms with Crippen molar-refractivity contribution in [1.29, 1.82) is 0 Å². The lowest BCUT2D eigenvalue weighted by Crippen LogP contribution is -2.35. The Balaban J connectivity index is 1.91. The number of aromatic nitrogens is 3. The number of halogens is 3. The summed E-state index contributed by atoms with van der Waals surface area (Å²) in [6.45, 7) is 0.880. The SMILES string of the molecule is Nc1ccccc1N1CCn2c(nnc2C(F)(F)F)C1. The molecule has 1 aliphatic heterocycles. The third-order valence-electron chi connectivity index (χ3n) is 3.28. The van der Waals surface area contributed by atoms with Crippen LogP contribution in [-0.4, -0.2) is 21.3 Å². The van der Waals surface area contributed by atoms with E-state index in [0.717, 1.165) is 10.3 Å². The van der Waals surface area contributed by atoms with Crippen LogP contribution in [0.15, 0.2) is 24.3 Å². The predicted octanol–water partition coefficient (Wildman–Crippen LogP) is 1.90. The molecule has 2 N–H and O–H groups in total. The van der Waals surface area contributed by atoms with Crippen LogP contribution in [0, 0.1) is 0 Å². The predicted molar refractivity (Wildman–Crippen MR) is 66.9 cm³/mol. The summed E-state index contributed by atoms with van der Waals surface area (Å²) in [4.78, 5) is 1.90. The molecule has 20 heavy (non-hydrogen) atoms. The number of hydrogen-bond acceptors (Lipinski definition) is 4. The van der Waals surface area contributed by atoms with E-state index >= 15 is 0 Å². The lowest BCUT2D eigenvalue weighted by molar-refractivity contribution is -0.147. The second-order valence-electron chi connectivity index (χ2n) is 4.57. The van der Waals surface area contributed by atoms with E-state index < -0.39 is 12.0 Å². The minimum Gasteiger partial charge on any atom is -0.397 e. The highest BCUT2D eigenvalue weighted by atomic mass is 19.4. The molecule has 0 saturated carbocycles. The number of rotatable bonds is 1. The lowest BCUT2D eigenvalue weighted by Gasteiger charge is -2.30. The maximum atomic E-state index is 12.7. The number of benzene rings is 1. The van der Waals surface area contributed by atoms with E-state index in [2.05, 4.69) is 10.2 Å². The molecule has 0 aliphatic carbocycles. The normalized spacial score (nSPS) is 15.2. The van der Waals surface area contributed by atoms with Gasteiger partial charge in [0.15, 0.2) is 5.82 Å². The van der Waals surface area contributed by atoms with E-state index in [1.807, 2.05) is 23.1 Å². The topological polar surface area (TPSA) is 60.0 Å². The first-order valence-electron chi connectivity index (χ1n) is 6.05. The molecule has 0 atom stereocenters. The number of alkyl halides is 3. The van der Waals surface area contributed by atoms with Crippen molar-refractivity contribution in [1.82, 2.24) is 14.8 Å². The fourth-order valence-electron chi connectivity index (χ4n) is 2.35. The summed E-state index contributed by atoms with van der Waals surface area (Å²) in [7, 11) is 0. The van der Waals surface area contributed by atoms with Gasteiger partial charge in [-0.2, -0.15) is 13.2 Å². The smallest absolute Gasteiger partial charge is 0.397 e. The molecule has 1 aliphatic rings. The molecule has 0 fully saturated rings. The molecule has 3 rings (SSSR count). The number of nitrogen functional groups attached to an aromatic ring is 1. The maximum Gasteiger partial charge on any atom is 0.451 e. The first-order valence-corrected chi connectivity index (χ1v) is 6.05. The number of hydrogen-bond donors (Lipinski definition) is 1. The van der Waals surface area contributed by atoms with Gasteiger partial charge in [-0.3, -0.25) is 0 Å². The quantitative estimate of drug-likeness (QED) is 0.812. The molecule has 0 saturated heterocycles. The van der Waals surface area contributed by atoms with Crippen LogP contribution in [-0.2, 0) is 19.3 Å². The Morgan fingerprint density at radius 1 is 1.10 bits per heavy atom. The largest absolute Gasteiger partial charge is 0.451 e. The first kappa shape index (κ1) is 12.8. The van der Waals surface area contributed by atoms with Crippen molar-refractivity contribution in [3.8, 4) is 0 Å². The Morgan fingerprint density at radius 3 is 2.55 bits per heavy atom. The van der Waals surface area contributed by atoms with Crippen molar-refractivity contribution < 1.29 is 13.2 Å². The number of nitrogens with zero attached hydrogens (tertiary/aromatic N) is 4. The minimum absolute atomic E-state index is 0.186. The van der Waals surface area contributed by atoms with Gasteiger partial charge < -0.3 is 15.2 Å². The van der Waals surface area contributed by atoms with Crippen LogP contribution in [0.3, 0.4) is 0 Å². The number of anilines is 2. The van der Waals surface area contributed by atoms with Crippen LogP contribution in [0.2, 0.25) is 0 Å². The summed E-state index contributed by atoms with van der Waals surface area (Å²) in [6.07, 6.45) is -4.47. The van der Waals surface area contributed by atoms with Gasteiger partial charge in [0, 0.05) is 13.1 Å². The molecule has 106 valence electrons. The fourth-order valence-corrected chi connectivity index (χ4v) is 2.35. The molecule has 2 heterocycles. The van der Waals surface area contributed by atoms with Crippen molar-refractivity contribution in [2.75, 3.05) is 17.2 Å². The standard InChI is InChI=1S/C12H12F3N5/c13-12(14,15)11-18-17-10-7-19(5-6-20(10)11)9-4-2-1-3-8(9)16/h1-4H,5-7,16H2. The number of nitrogens with two attached hydrogens (primary N) is 1. The summed E-state index contributed by atoms with van der Waals surface area (Å²) >= 11 is 0. The van der Waals surface area contributed by atoms with Gasteiger partial charge in [0.05, 0.1) is 17.9 Å². The summed E-state index contributed by atoms with van der Waals surface area (Å²) in [5.41, 5.74) is 7.28. The zero-order chi connectivity index (χ0) is 14.3. The Bertz CT molecular complexity index is 634. The average molecular weight is 283 g/mol. The second kappa shape index (κ2) is 4.39. The molecule has 5 nitrogen and oxygen atoms in total. The monoisotopic (exact) mass is 283 g/mol. The molecular weight excluding hydrogens is 271 g/mol. The molecule has 0 radical (unpaired) electrons. The van der Waals surface area contributed by atoms with Gasteiger partial charge in [-0.15, -0.1) is 10.2 Å². The van der Waals surface area contributed by atoms with Crippen molar-refractivity contribution in [2.45, 2.75) is 19.3 Å². The van der Waals surface area contributed by atoms with Gasteiger partial charge in [-0.1, -0.05) is 12.1 Å². The molecule has 0 bridgehead atoms. The van der Waals surface area contributed by atoms with E-state index in [0.29, 0.717) is 18.1 Å². The van der Waals surface area contributed by atoms with Gasteiger partial charge in [0.1, 0.15) is 0 Å². The van der Waals surface area contributed by atoms with Gasteiger partial charge >= 0.3 is 6.18 Å². The fraction of sp³-hybridized carbons (Fsp3) is 0.333. The van der Waals surface area contributed by atoms with E-state index in [9.17, 15) is 13.2 Å². The zero-order valence-electron chi connectivity index (χ0n) is 10.4. The van der Waals surface area contributed by atoms with Gasteiger partial charge in [-0.05, 0) is 12.1 Å². The number of fused-ring (bicyclic) bond motifs is 1. The maximum absolute atomic E-state index is 12.7. The molecule has 0 spiro atoms. The van der Waals surface area contributed by atoms with Crippen molar-refractivity contribution >= 4 is 11.4 Å². The Morgan fingerprint density at radius 2 is 1.85 bits per heavy atom. The van der Waals surface area contributed by atoms with E-state index in [1.54, 1.807) is 6.07 Å². The summed E-state index contributed by atoms with van der Waals surface area (Å²) in [5.74, 6) is -0.639. The molecule has 1 aromatic heterocycles. The Kier molecular flexibility index (Phi) is 2.81. The summed E-state index contributed by atoms with van der Waals surface area (Å²) < 4.78 is 39.3. The highest BCUT2D eigenvalue weighted by Crippen LogP contribution is 2.31. The van der Waals surface area contributed by atoms with E-state index in [1.165, 1.54) is 0 Å². The third kappa shape index (κ3) is 2.06. The van der Waals surface area contributed by atoms with Crippen LogP contribution >= 0.6 is 0 Å². The van der Waals surface area contributed by atoms with E-state index in [-0.39, 0.29) is 13.1 Å². The van der Waals surface area contributed by atoms with E-state index in [4.69, 9.17) is 5.73 Å². The molecule has 2 aromatic rings. The van der Waals surface area contributed by atoms with Crippen molar-refractivity contribution in [3.63, 3.8) is 0 Å². The Hall–Kier alpha value is -2.25. The molecule has 0 amide bonds.